The molecule has 6 heteroatoms. The molecule has 0 bridgehead atoms. The summed E-state index contributed by atoms with van der Waals surface area (Å²) >= 11 is 0. The monoisotopic (exact) mass is 394 g/mol. The van der Waals surface area contributed by atoms with E-state index in [0.29, 0.717) is 18.2 Å². The zero-order chi connectivity index (χ0) is 20.6. The molecule has 0 radical (unpaired) electrons. The van der Waals surface area contributed by atoms with Gasteiger partial charge in [0, 0.05) is 24.7 Å². The standard InChI is InChI=1S/C23H20F2N2O2/c24-18-10-11-19(20(25)15-18)23(29)26-13-12-22(28)27-21-9-5-4-8-17(21)14-16-6-2-1-3-7-16/h1-11,15H,12-14H2,(H,26,29)(H,27,28). The van der Waals surface area contributed by atoms with Crippen LogP contribution in [0.25, 0.3) is 0 Å². The van der Waals surface area contributed by atoms with Gasteiger partial charge in [-0.2, -0.15) is 0 Å². The van der Waals surface area contributed by atoms with Crippen molar-refractivity contribution >= 4 is 17.5 Å². The van der Waals surface area contributed by atoms with Crippen molar-refractivity contribution in [2.24, 2.45) is 0 Å². The van der Waals surface area contributed by atoms with Gasteiger partial charge in [0.2, 0.25) is 5.91 Å². The molecule has 0 unspecified atom stereocenters. The molecule has 4 nitrogen and oxygen atoms in total. The van der Waals surface area contributed by atoms with Crippen molar-refractivity contribution in [1.29, 1.82) is 0 Å². The van der Waals surface area contributed by atoms with Gasteiger partial charge in [-0.15, -0.1) is 0 Å². The Kier molecular flexibility index (Phi) is 6.68. The van der Waals surface area contributed by atoms with E-state index < -0.39 is 17.5 Å². The second-order valence-corrected chi connectivity index (χ2v) is 6.50. The van der Waals surface area contributed by atoms with Crippen LogP contribution in [0.4, 0.5) is 14.5 Å². The molecule has 0 aromatic heterocycles. The van der Waals surface area contributed by atoms with Gasteiger partial charge >= 0.3 is 0 Å². The molecule has 3 aromatic rings. The Morgan fingerprint density at radius 3 is 2.34 bits per heavy atom. The fourth-order valence-electron chi connectivity index (χ4n) is 2.88. The average molecular weight is 394 g/mol. The van der Waals surface area contributed by atoms with Crippen LogP contribution >= 0.6 is 0 Å². The molecule has 3 rings (SSSR count). The van der Waals surface area contributed by atoms with E-state index in [9.17, 15) is 18.4 Å². The van der Waals surface area contributed by atoms with Crippen LogP contribution in [-0.2, 0) is 11.2 Å². The van der Waals surface area contributed by atoms with Crippen molar-refractivity contribution in [2.45, 2.75) is 12.8 Å². The summed E-state index contributed by atoms with van der Waals surface area (Å²) in [6.07, 6.45) is 0.700. The van der Waals surface area contributed by atoms with Crippen molar-refractivity contribution < 1.29 is 18.4 Å². The highest BCUT2D eigenvalue weighted by atomic mass is 19.1. The first-order valence-electron chi connectivity index (χ1n) is 9.18. The lowest BCUT2D eigenvalue weighted by molar-refractivity contribution is -0.116. The number of amides is 2. The number of hydrogen-bond acceptors (Lipinski definition) is 2. The molecule has 0 heterocycles. The smallest absolute Gasteiger partial charge is 0.254 e. The Hall–Kier alpha value is -3.54. The number of nitrogens with one attached hydrogen (secondary N) is 2. The van der Waals surface area contributed by atoms with E-state index >= 15 is 0 Å². The first-order chi connectivity index (χ1) is 14.0. The summed E-state index contributed by atoms with van der Waals surface area (Å²) in [5.41, 5.74) is 2.55. The van der Waals surface area contributed by atoms with Crippen molar-refractivity contribution in [3.63, 3.8) is 0 Å². The van der Waals surface area contributed by atoms with Crippen molar-refractivity contribution in [3.8, 4) is 0 Å². The van der Waals surface area contributed by atoms with E-state index in [0.717, 1.165) is 23.3 Å². The van der Waals surface area contributed by atoms with Crippen LogP contribution in [0.2, 0.25) is 0 Å². The Morgan fingerprint density at radius 1 is 0.862 bits per heavy atom. The van der Waals surface area contributed by atoms with Crippen molar-refractivity contribution in [2.75, 3.05) is 11.9 Å². The minimum Gasteiger partial charge on any atom is -0.351 e. The van der Waals surface area contributed by atoms with Crippen LogP contribution in [0.1, 0.15) is 27.9 Å². The van der Waals surface area contributed by atoms with E-state index in [4.69, 9.17) is 0 Å². The third kappa shape index (κ3) is 5.72. The summed E-state index contributed by atoms with van der Waals surface area (Å²) in [5, 5.41) is 5.32. The molecule has 0 spiro atoms. The predicted octanol–water partition coefficient (Wildman–Crippen LogP) is 4.31. The molecule has 0 aliphatic carbocycles. The van der Waals surface area contributed by atoms with Gasteiger partial charge in [-0.3, -0.25) is 9.59 Å². The molecule has 148 valence electrons. The topological polar surface area (TPSA) is 58.2 Å². The minimum absolute atomic E-state index is 0.0220. The van der Waals surface area contributed by atoms with Crippen LogP contribution in [0.15, 0.2) is 72.8 Å². The second-order valence-electron chi connectivity index (χ2n) is 6.50. The Morgan fingerprint density at radius 2 is 1.59 bits per heavy atom. The lowest BCUT2D eigenvalue weighted by Crippen LogP contribution is -2.28. The van der Waals surface area contributed by atoms with Gasteiger partial charge in [0.15, 0.2) is 0 Å². The molecular formula is C23H20F2N2O2. The van der Waals surface area contributed by atoms with Gasteiger partial charge in [0.05, 0.1) is 5.56 Å². The summed E-state index contributed by atoms with van der Waals surface area (Å²) in [7, 11) is 0. The number of rotatable bonds is 7. The fourth-order valence-corrected chi connectivity index (χ4v) is 2.88. The number of hydrogen-bond donors (Lipinski definition) is 2. The fraction of sp³-hybridized carbons (Fsp3) is 0.130. The van der Waals surface area contributed by atoms with Crippen LogP contribution in [-0.4, -0.2) is 18.4 Å². The second kappa shape index (κ2) is 9.59. The van der Waals surface area contributed by atoms with Crippen molar-refractivity contribution in [1.82, 2.24) is 5.32 Å². The summed E-state index contributed by atoms with van der Waals surface area (Å²) in [6, 6.07) is 20.1. The van der Waals surface area contributed by atoms with Gasteiger partial charge in [0.1, 0.15) is 11.6 Å². The molecular weight excluding hydrogens is 374 g/mol. The van der Waals surface area contributed by atoms with E-state index in [2.05, 4.69) is 10.6 Å². The molecule has 0 atom stereocenters. The molecule has 0 aliphatic rings. The summed E-state index contributed by atoms with van der Waals surface area (Å²) in [6.45, 7) is 0.0301. The zero-order valence-electron chi connectivity index (χ0n) is 15.6. The van der Waals surface area contributed by atoms with Gasteiger partial charge in [0.25, 0.3) is 5.91 Å². The SMILES string of the molecule is O=C(CCNC(=O)c1ccc(F)cc1F)Nc1ccccc1Cc1ccccc1. The van der Waals surface area contributed by atoms with Gasteiger partial charge in [-0.1, -0.05) is 48.5 Å². The number of benzene rings is 3. The number of para-hydroxylation sites is 1. The highest BCUT2D eigenvalue weighted by molar-refractivity contribution is 5.95. The Bertz CT molecular complexity index is 1010. The lowest BCUT2D eigenvalue weighted by atomic mass is 10.0. The molecule has 2 N–H and O–H groups in total. The first-order valence-corrected chi connectivity index (χ1v) is 9.18. The molecule has 29 heavy (non-hydrogen) atoms. The lowest BCUT2D eigenvalue weighted by Gasteiger charge is -2.12. The number of carbonyl (C=O) groups excluding carboxylic acids is 2. The van der Waals surface area contributed by atoms with Crippen LogP contribution < -0.4 is 10.6 Å². The molecule has 0 saturated heterocycles. The van der Waals surface area contributed by atoms with E-state index in [1.54, 1.807) is 0 Å². The predicted molar refractivity (Wildman–Crippen MR) is 108 cm³/mol. The van der Waals surface area contributed by atoms with E-state index in [1.807, 2.05) is 54.6 Å². The van der Waals surface area contributed by atoms with Crippen LogP contribution in [0, 0.1) is 11.6 Å². The Labute approximate surface area is 167 Å². The third-order valence-electron chi connectivity index (χ3n) is 4.34. The maximum Gasteiger partial charge on any atom is 0.254 e. The maximum atomic E-state index is 13.6. The maximum absolute atomic E-state index is 13.6. The normalized spacial score (nSPS) is 10.4. The highest BCUT2D eigenvalue weighted by Crippen LogP contribution is 2.19. The van der Waals surface area contributed by atoms with Crippen LogP contribution in [0.3, 0.4) is 0 Å². The highest BCUT2D eigenvalue weighted by Gasteiger charge is 2.13. The number of anilines is 1. The molecule has 0 saturated carbocycles. The number of halogens is 2. The molecule has 0 fully saturated rings. The summed E-state index contributed by atoms with van der Waals surface area (Å²) in [4.78, 5) is 24.2. The van der Waals surface area contributed by atoms with Crippen molar-refractivity contribution in [3.05, 3.63) is 101 Å². The van der Waals surface area contributed by atoms with Gasteiger partial charge in [-0.05, 0) is 35.7 Å². The summed E-state index contributed by atoms with van der Waals surface area (Å²) < 4.78 is 26.5. The van der Waals surface area contributed by atoms with E-state index in [1.165, 1.54) is 0 Å². The van der Waals surface area contributed by atoms with Gasteiger partial charge < -0.3 is 10.6 Å². The average Bonchev–Trinajstić information content (AvgIpc) is 2.70. The van der Waals surface area contributed by atoms with Gasteiger partial charge in [-0.25, -0.2) is 8.78 Å². The first kappa shape index (κ1) is 20.2. The van der Waals surface area contributed by atoms with Crippen LogP contribution in [0.5, 0.6) is 0 Å². The quantitative estimate of drug-likeness (QED) is 0.627. The third-order valence-corrected chi connectivity index (χ3v) is 4.34. The molecule has 3 aromatic carbocycles. The zero-order valence-corrected chi connectivity index (χ0v) is 15.6. The Balaban J connectivity index is 1.54. The molecule has 2 amide bonds. The number of carbonyl (C=O) groups is 2. The largest absolute Gasteiger partial charge is 0.351 e. The van der Waals surface area contributed by atoms with E-state index in [-0.39, 0.29) is 24.4 Å². The minimum atomic E-state index is -0.943. The summed E-state index contributed by atoms with van der Waals surface area (Å²) in [5.74, 6) is -2.67. The molecule has 0 aliphatic heterocycles.